The van der Waals surface area contributed by atoms with Crippen molar-refractivity contribution in [2.75, 3.05) is 17.7 Å². The SMILES string of the molecule is COc1cc(Cl)c(C)cc1N/C=C(/C#N)C(=O)Nc1ccccc1Sc1ccccc1. The average molecular weight is 450 g/mol. The molecule has 0 saturated carbocycles. The van der Waals surface area contributed by atoms with Crippen LogP contribution in [0.2, 0.25) is 5.02 Å². The monoisotopic (exact) mass is 449 g/mol. The van der Waals surface area contributed by atoms with Crippen LogP contribution in [0.1, 0.15) is 5.56 Å². The number of carbonyl (C=O) groups is 1. The lowest BCUT2D eigenvalue weighted by atomic mass is 10.2. The second-order valence-electron chi connectivity index (χ2n) is 6.48. The fourth-order valence-electron chi connectivity index (χ4n) is 2.71. The minimum absolute atomic E-state index is 0.0748. The van der Waals surface area contributed by atoms with Crippen LogP contribution in [0, 0.1) is 18.3 Å². The van der Waals surface area contributed by atoms with Gasteiger partial charge < -0.3 is 15.4 Å². The molecule has 7 heteroatoms. The topological polar surface area (TPSA) is 74.1 Å². The standard InChI is InChI=1S/C24H20ClN3O2S/c1-16-12-21(22(30-2)13-19(16)25)27-15-17(14-26)24(29)28-20-10-6-7-11-23(20)31-18-8-4-3-5-9-18/h3-13,15,27H,1-2H3,(H,28,29)/b17-15-. The highest BCUT2D eigenvalue weighted by molar-refractivity contribution is 7.99. The molecule has 0 aliphatic rings. The average Bonchev–Trinajstić information content (AvgIpc) is 2.78. The number of aryl methyl sites for hydroxylation is 1. The quantitative estimate of drug-likeness (QED) is 0.328. The number of benzene rings is 3. The summed E-state index contributed by atoms with van der Waals surface area (Å²) >= 11 is 7.66. The van der Waals surface area contributed by atoms with E-state index in [1.54, 1.807) is 18.2 Å². The fourth-order valence-corrected chi connectivity index (χ4v) is 3.78. The molecular weight excluding hydrogens is 430 g/mol. The van der Waals surface area contributed by atoms with Gasteiger partial charge in [-0.1, -0.05) is 53.7 Å². The maximum Gasteiger partial charge on any atom is 0.267 e. The molecule has 0 saturated heterocycles. The first-order valence-electron chi connectivity index (χ1n) is 9.36. The van der Waals surface area contributed by atoms with E-state index in [4.69, 9.17) is 16.3 Å². The number of nitrogens with zero attached hydrogens (tertiary/aromatic N) is 1. The van der Waals surface area contributed by atoms with Gasteiger partial charge in [0.2, 0.25) is 0 Å². The maximum absolute atomic E-state index is 12.7. The van der Waals surface area contributed by atoms with E-state index in [0.717, 1.165) is 15.4 Å². The van der Waals surface area contributed by atoms with Gasteiger partial charge in [-0.05, 0) is 42.8 Å². The highest BCUT2D eigenvalue weighted by Gasteiger charge is 2.13. The lowest BCUT2D eigenvalue weighted by Crippen LogP contribution is -2.15. The van der Waals surface area contributed by atoms with Crippen molar-refractivity contribution < 1.29 is 9.53 Å². The van der Waals surface area contributed by atoms with E-state index in [1.165, 1.54) is 25.1 Å². The summed E-state index contributed by atoms with van der Waals surface area (Å²) in [5.74, 6) is -0.00470. The van der Waals surface area contributed by atoms with Crippen LogP contribution in [0.25, 0.3) is 0 Å². The number of methoxy groups -OCH3 is 1. The minimum Gasteiger partial charge on any atom is -0.495 e. The second-order valence-corrected chi connectivity index (χ2v) is 8.00. The molecule has 1 amide bonds. The fraction of sp³-hybridized carbons (Fsp3) is 0.0833. The number of ether oxygens (including phenoxy) is 1. The molecule has 5 nitrogen and oxygen atoms in total. The van der Waals surface area contributed by atoms with Crippen molar-refractivity contribution in [3.8, 4) is 11.8 Å². The largest absolute Gasteiger partial charge is 0.495 e. The number of nitrogens with one attached hydrogen (secondary N) is 2. The molecule has 3 aromatic rings. The molecule has 0 radical (unpaired) electrons. The molecule has 0 bridgehead atoms. The van der Waals surface area contributed by atoms with Gasteiger partial charge in [-0.25, -0.2) is 0 Å². The van der Waals surface area contributed by atoms with Crippen molar-refractivity contribution in [1.82, 2.24) is 0 Å². The highest BCUT2D eigenvalue weighted by Crippen LogP contribution is 2.34. The third-order valence-electron chi connectivity index (χ3n) is 4.32. The first-order chi connectivity index (χ1) is 15.0. The number of para-hydroxylation sites is 1. The summed E-state index contributed by atoms with van der Waals surface area (Å²) in [5.41, 5.74) is 2.00. The zero-order valence-electron chi connectivity index (χ0n) is 17.0. The van der Waals surface area contributed by atoms with Crippen molar-refractivity contribution in [2.24, 2.45) is 0 Å². The Bertz CT molecular complexity index is 1160. The minimum atomic E-state index is -0.513. The van der Waals surface area contributed by atoms with Gasteiger partial charge in [0.1, 0.15) is 17.4 Å². The number of amides is 1. The van der Waals surface area contributed by atoms with Crippen LogP contribution in [0.5, 0.6) is 5.75 Å². The van der Waals surface area contributed by atoms with Gasteiger partial charge in [0.15, 0.2) is 0 Å². The van der Waals surface area contributed by atoms with Crippen LogP contribution >= 0.6 is 23.4 Å². The summed E-state index contributed by atoms with van der Waals surface area (Å²) in [7, 11) is 1.52. The third-order valence-corrected chi connectivity index (χ3v) is 5.82. The Balaban J connectivity index is 1.78. The molecule has 156 valence electrons. The Hall–Kier alpha value is -3.40. The summed E-state index contributed by atoms with van der Waals surface area (Å²) in [6.07, 6.45) is 1.35. The van der Waals surface area contributed by atoms with E-state index in [-0.39, 0.29) is 5.57 Å². The Morgan fingerprint density at radius 2 is 1.81 bits per heavy atom. The number of rotatable bonds is 7. The number of carbonyl (C=O) groups excluding carboxylic acids is 1. The summed E-state index contributed by atoms with van der Waals surface area (Å²) < 4.78 is 5.31. The Kier molecular flexibility index (Phi) is 7.60. The number of halogens is 1. The first-order valence-corrected chi connectivity index (χ1v) is 10.6. The summed E-state index contributed by atoms with van der Waals surface area (Å²) in [6.45, 7) is 1.86. The van der Waals surface area contributed by atoms with E-state index in [1.807, 2.05) is 61.5 Å². The van der Waals surface area contributed by atoms with Crippen molar-refractivity contribution in [3.63, 3.8) is 0 Å². The number of anilines is 2. The number of hydrogen-bond acceptors (Lipinski definition) is 5. The molecular formula is C24H20ClN3O2S. The van der Waals surface area contributed by atoms with Crippen LogP contribution in [-0.4, -0.2) is 13.0 Å². The molecule has 0 aliphatic heterocycles. The smallest absolute Gasteiger partial charge is 0.267 e. The lowest BCUT2D eigenvalue weighted by molar-refractivity contribution is -0.112. The normalized spacial score (nSPS) is 10.8. The Morgan fingerprint density at radius 3 is 2.52 bits per heavy atom. The lowest BCUT2D eigenvalue weighted by Gasteiger charge is -2.12. The molecule has 0 aromatic heterocycles. The van der Waals surface area contributed by atoms with Crippen LogP contribution in [0.15, 0.2) is 88.3 Å². The molecule has 0 fully saturated rings. The molecule has 0 unspecified atom stereocenters. The van der Waals surface area contributed by atoms with Crippen LogP contribution in [0.3, 0.4) is 0 Å². The molecule has 0 heterocycles. The predicted molar refractivity (Wildman–Crippen MR) is 126 cm³/mol. The van der Waals surface area contributed by atoms with Crippen molar-refractivity contribution >= 4 is 40.6 Å². The molecule has 3 aromatic carbocycles. The van der Waals surface area contributed by atoms with Gasteiger partial charge in [0.25, 0.3) is 5.91 Å². The first kappa shape index (κ1) is 22.3. The Labute approximate surface area is 190 Å². The second kappa shape index (κ2) is 10.6. The van der Waals surface area contributed by atoms with E-state index >= 15 is 0 Å². The van der Waals surface area contributed by atoms with E-state index in [9.17, 15) is 10.1 Å². The third kappa shape index (κ3) is 5.82. The molecule has 2 N–H and O–H groups in total. The van der Waals surface area contributed by atoms with Gasteiger partial charge in [-0.15, -0.1) is 0 Å². The van der Waals surface area contributed by atoms with E-state index in [2.05, 4.69) is 10.6 Å². The van der Waals surface area contributed by atoms with Gasteiger partial charge in [-0.2, -0.15) is 5.26 Å². The Morgan fingerprint density at radius 1 is 1.10 bits per heavy atom. The number of nitriles is 1. The van der Waals surface area contributed by atoms with Crippen LogP contribution in [0.4, 0.5) is 11.4 Å². The molecule has 0 spiro atoms. The molecule has 3 rings (SSSR count). The summed E-state index contributed by atoms with van der Waals surface area (Å²) in [5, 5.41) is 15.9. The molecule has 31 heavy (non-hydrogen) atoms. The zero-order valence-corrected chi connectivity index (χ0v) is 18.6. The van der Waals surface area contributed by atoms with Crippen molar-refractivity contribution in [3.05, 3.63) is 89.1 Å². The van der Waals surface area contributed by atoms with E-state index in [0.29, 0.717) is 22.1 Å². The molecule has 0 atom stereocenters. The van der Waals surface area contributed by atoms with Crippen LogP contribution in [-0.2, 0) is 4.79 Å². The summed E-state index contributed by atoms with van der Waals surface area (Å²) in [4.78, 5) is 14.7. The van der Waals surface area contributed by atoms with Gasteiger partial charge in [0.05, 0.1) is 18.5 Å². The van der Waals surface area contributed by atoms with Gasteiger partial charge in [0, 0.05) is 27.1 Å². The van der Waals surface area contributed by atoms with Gasteiger partial charge in [-0.3, -0.25) is 4.79 Å². The number of hydrogen-bond donors (Lipinski definition) is 2. The van der Waals surface area contributed by atoms with Crippen molar-refractivity contribution in [2.45, 2.75) is 16.7 Å². The van der Waals surface area contributed by atoms with Crippen LogP contribution < -0.4 is 15.4 Å². The molecule has 0 aliphatic carbocycles. The van der Waals surface area contributed by atoms with Crippen molar-refractivity contribution in [1.29, 1.82) is 5.26 Å². The highest BCUT2D eigenvalue weighted by atomic mass is 35.5. The predicted octanol–water partition coefficient (Wildman–Crippen LogP) is 6.27. The van der Waals surface area contributed by atoms with Gasteiger partial charge >= 0.3 is 0 Å². The zero-order chi connectivity index (χ0) is 22.2. The summed E-state index contributed by atoms with van der Waals surface area (Å²) in [6, 6.07) is 22.7. The maximum atomic E-state index is 12.7. The van der Waals surface area contributed by atoms with E-state index < -0.39 is 5.91 Å².